The third-order valence-corrected chi connectivity index (χ3v) is 3.62. The normalized spacial score (nSPS) is 12.7. The smallest absolute Gasteiger partial charge is 0.321 e. The fourth-order valence-corrected chi connectivity index (χ4v) is 2.93. The first-order chi connectivity index (χ1) is 6.70. The van der Waals surface area contributed by atoms with E-state index >= 15 is 0 Å². The molecular weight excluding hydrogens is 239 g/mol. The molecule has 1 aromatic rings. The van der Waals surface area contributed by atoms with Gasteiger partial charge in [-0.1, -0.05) is 18.2 Å². The van der Waals surface area contributed by atoms with Crippen LogP contribution in [0.15, 0.2) is 24.3 Å². The molecule has 0 saturated carbocycles. The average molecular weight is 250 g/mol. The Morgan fingerprint density at radius 2 is 1.80 bits per heavy atom. The van der Waals surface area contributed by atoms with Crippen molar-refractivity contribution in [2.24, 2.45) is 0 Å². The number of hydrogen-bond donors (Lipinski definition) is 2. The minimum atomic E-state index is -4.41. The SMILES string of the molecule is CS(=O)(=O)Cc1ccccc1P(=O)(O)O. The predicted molar refractivity (Wildman–Crippen MR) is 56.7 cm³/mol. The molecule has 0 aliphatic carbocycles. The van der Waals surface area contributed by atoms with Gasteiger partial charge >= 0.3 is 7.60 Å². The molecule has 5 nitrogen and oxygen atoms in total. The zero-order chi connectivity index (χ0) is 11.7. The number of benzene rings is 1. The summed E-state index contributed by atoms with van der Waals surface area (Å²) < 4.78 is 33.1. The summed E-state index contributed by atoms with van der Waals surface area (Å²) in [6.45, 7) is 0. The molecular formula is C8H11O5PS. The van der Waals surface area contributed by atoms with E-state index < -0.39 is 17.4 Å². The highest BCUT2D eigenvalue weighted by Crippen LogP contribution is 2.34. The standard InChI is InChI=1S/C8H11O5PS/c1-15(12,13)6-7-4-2-3-5-8(7)14(9,10)11/h2-5H,6H2,1H3,(H2,9,10,11). The van der Waals surface area contributed by atoms with Crippen LogP contribution in [-0.2, 0) is 20.2 Å². The zero-order valence-electron chi connectivity index (χ0n) is 7.99. The van der Waals surface area contributed by atoms with Crippen LogP contribution in [0.25, 0.3) is 0 Å². The lowest BCUT2D eigenvalue weighted by Crippen LogP contribution is -2.14. The third kappa shape index (κ3) is 3.76. The second-order valence-electron chi connectivity index (χ2n) is 3.24. The number of hydrogen-bond acceptors (Lipinski definition) is 3. The van der Waals surface area contributed by atoms with Gasteiger partial charge in [-0.15, -0.1) is 0 Å². The van der Waals surface area contributed by atoms with Crippen molar-refractivity contribution >= 4 is 22.7 Å². The topological polar surface area (TPSA) is 91.7 Å². The summed E-state index contributed by atoms with van der Waals surface area (Å²) in [4.78, 5) is 18.0. The van der Waals surface area contributed by atoms with Crippen molar-refractivity contribution in [3.05, 3.63) is 29.8 Å². The lowest BCUT2D eigenvalue weighted by Gasteiger charge is -2.09. The van der Waals surface area contributed by atoms with E-state index in [1.807, 2.05) is 0 Å². The summed E-state index contributed by atoms with van der Waals surface area (Å²) in [5, 5.41) is -0.226. The van der Waals surface area contributed by atoms with E-state index in [0.717, 1.165) is 6.26 Å². The summed E-state index contributed by atoms with van der Waals surface area (Å²) in [5.74, 6) is -0.367. The first kappa shape index (κ1) is 12.4. The van der Waals surface area contributed by atoms with Crippen LogP contribution in [0.5, 0.6) is 0 Å². The van der Waals surface area contributed by atoms with Gasteiger partial charge in [-0.05, 0) is 11.6 Å². The van der Waals surface area contributed by atoms with Crippen molar-refractivity contribution in [3.63, 3.8) is 0 Å². The van der Waals surface area contributed by atoms with Gasteiger partial charge in [0.1, 0.15) is 0 Å². The monoisotopic (exact) mass is 250 g/mol. The molecule has 0 spiro atoms. The third-order valence-electron chi connectivity index (χ3n) is 1.72. The maximum absolute atomic E-state index is 11.0. The molecule has 0 fully saturated rings. The van der Waals surface area contributed by atoms with Crippen molar-refractivity contribution in [1.82, 2.24) is 0 Å². The van der Waals surface area contributed by atoms with E-state index in [4.69, 9.17) is 9.79 Å². The van der Waals surface area contributed by atoms with E-state index in [-0.39, 0.29) is 16.6 Å². The summed E-state index contributed by atoms with van der Waals surface area (Å²) in [6, 6.07) is 5.64. The Hall–Kier alpha value is -0.680. The minimum absolute atomic E-state index is 0.147. The first-order valence-corrected chi connectivity index (χ1v) is 7.69. The van der Waals surface area contributed by atoms with Crippen LogP contribution in [0.4, 0.5) is 0 Å². The Kier molecular flexibility index (Phi) is 3.35. The maximum Gasteiger partial charge on any atom is 0.356 e. The molecule has 0 bridgehead atoms. The van der Waals surface area contributed by atoms with Gasteiger partial charge in [-0.3, -0.25) is 4.57 Å². The second-order valence-corrected chi connectivity index (χ2v) is 6.95. The highest BCUT2D eigenvalue weighted by molar-refractivity contribution is 7.89. The molecule has 84 valence electrons. The summed E-state index contributed by atoms with van der Waals surface area (Å²) >= 11 is 0. The molecule has 7 heteroatoms. The van der Waals surface area contributed by atoms with Crippen LogP contribution in [0.1, 0.15) is 5.56 Å². The van der Waals surface area contributed by atoms with Gasteiger partial charge in [0.25, 0.3) is 0 Å². The quantitative estimate of drug-likeness (QED) is 0.739. The molecule has 0 amide bonds. The van der Waals surface area contributed by atoms with Crippen molar-refractivity contribution in [2.75, 3.05) is 6.26 Å². The van der Waals surface area contributed by atoms with E-state index in [9.17, 15) is 13.0 Å². The first-order valence-electron chi connectivity index (χ1n) is 4.02. The zero-order valence-corrected chi connectivity index (χ0v) is 9.70. The van der Waals surface area contributed by atoms with E-state index in [1.165, 1.54) is 18.2 Å². The van der Waals surface area contributed by atoms with Gasteiger partial charge in [0.15, 0.2) is 9.84 Å². The summed E-state index contributed by atoms with van der Waals surface area (Å²) in [5.41, 5.74) is 0.147. The molecule has 0 atom stereocenters. The molecule has 0 radical (unpaired) electrons. The van der Waals surface area contributed by atoms with Crippen LogP contribution in [0, 0.1) is 0 Å². The molecule has 1 rings (SSSR count). The predicted octanol–water partition coefficient (Wildman–Crippen LogP) is 0.0342. The molecule has 15 heavy (non-hydrogen) atoms. The van der Waals surface area contributed by atoms with Gasteiger partial charge in [0.05, 0.1) is 11.1 Å². The van der Waals surface area contributed by atoms with Crippen molar-refractivity contribution < 1.29 is 22.8 Å². The Bertz CT molecular complexity index is 502. The van der Waals surface area contributed by atoms with E-state index in [0.29, 0.717) is 0 Å². The van der Waals surface area contributed by atoms with Crippen molar-refractivity contribution in [1.29, 1.82) is 0 Å². The fourth-order valence-electron chi connectivity index (χ4n) is 1.20. The van der Waals surface area contributed by atoms with Crippen LogP contribution in [0.3, 0.4) is 0 Å². The van der Waals surface area contributed by atoms with Crippen molar-refractivity contribution in [3.8, 4) is 0 Å². The van der Waals surface area contributed by atoms with Gasteiger partial charge in [-0.2, -0.15) is 0 Å². The van der Waals surface area contributed by atoms with Gasteiger partial charge in [-0.25, -0.2) is 8.42 Å². The number of rotatable bonds is 3. The Morgan fingerprint density at radius 1 is 1.27 bits per heavy atom. The van der Waals surface area contributed by atoms with Gasteiger partial charge in [0.2, 0.25) is 0 Å². The van der Waals surface area contributed by atoms with Gasteiger partial charge < -0.3 is 9.79 Å². The lowest BCUT2D eigenvalue weighted by molar-refractivity contribution is 0.387. The number of sulfone groups is 1. The lowest BCUT2D eigenvalue weighted by atomic mass is 10.2. The van der Waals surface area contributed by atoms with Crippen LogP contribution >= 0.6 is 7.60 Å². The fraction of sp³-hybridized carbons (Fsp3) is 0.250. The van der Waals surface area contributed by atoms with Gasteiger partial charge in [0, 0.05) is 6.26 Å². The molecule has 1 aromatic carbocycles. The van der Waals surface area contributed by atoms with E-state index in [1.54, 1.807) is 6.07 Å². The molecule has 0 aliphatic heterocycles. The van der Waals surface area contributed by atoms with Crippen LogP contribution in [0.2, 0.25) is 0 Å². The summed E-state index contributed by atoms with van der Waals surface area (Å²) in [6.07, 6.45) is 1.02. The average Bonchev–Trinajstić information content (AvgIpc) is 1.99. The molecule has 0 aromatic heterocycles. The molecule has 0 saturated heterocycles. The second kappa shape index (κ2) is 4.06. The van der Waals surface area contributed by atoms with E-state index in [2.05, 4.69) is 0 Å². The van der Waals surface area contributed by atoms with Crippen LogP contribution < -0.4 is 5.30 Å². The molecule has 0 aliphatic rings. The van der Waals surface area contributed by atoms with Crippen LogP contribution in [-0.4, -0.2) is 24.5 Å². The maximum atomic E-state index is 11.0. The molecule has 0 unspecified atom stereocenters. The minimum Gasteiger partial charge on any atom is -0.321 e. The molecule has 0 heterocycles. The van der Waals surface area contributed by atoms with Crippen molar-refractivity contribution in [2.45, 2.75) is 5.75 Å². The Labute approximate surface area is 87.8 Å². The summed E-state index contributed by atoms with van der Waals surface area (Å²) in [7, 11) is -7.71. The highest BCUT2D eigenvalue weighted by Gasteiger charge is 2.22. The largest absolute Gasteiger partial charge is 0.356 e. The highest BCUT2D eigenvalue weighted by atomic mass is 32.2. The Morgan fingerprint density at radius 3 is 2.27 bits per heavy atom. The Balaban J connectivity index is 3.26. The molecule has 2 N–H and O–H groups in total.